The Morgan fingerprint density at radius 2 is 1.79 bits per heavy atom. The van der Waals surface area contributed by atoms with Crippen LogP contribution in [-0.2, 0) is 16.1 Å². The molecule has 1 aliphatic rings. The normalized spacial score (nSPS) is 18.2. The number of hydrogen-bond acceptors (Lipinski definition) is 4. The molecule has 0 saturated heterocycles. The van der Waals surface area contributed by atoms with Gasteiger partial charge in [0, 0.05) is 23.2 Å². The van der Waals surface area contributed by atoms with Crippen LogP contribution in [0.1, 0.15) is 25.7 Å². The minimum absolute atomic E-state index is 0.216. The van der Waals surface area contributed by atoms with Crippen LogP contribution in [0.3, 0.4) is 0 Å². The van der Waals surface area contributed by atoms with Gasteiger partial charge in [0.15, 0.2) is 11.6 Å². The van der Waals surface area contributed by atoms with E-state index in [-0.39, 0.29) is 12.2 Å². The van der Waals surface area contributed by atoms with Crippen molar-refractivity contribution in [3.63, 3.8) is 0 Å². The molecule has 0 unspecified atom stereocenters. The van der Waals surface area contributed by atoms with E-state index in [0.717, 1.165) is 42.3 Å². The minimum Gasteiger partial charge on any atom is -0.480 e. The Morgan fingerprint density at radius 1 is 1.09 bits per heavy atom. The molecule has 180 valence electrons. The van der Waals surface area contributed by atoms with Crippen LogP contribution in [0.25, 0.3) is 22.4 Å². The van der Waals surface area contributed by atoms with E-state index in [1.807, 2.05) is 41.3 Å². The Bertz CT molecular complexity index is 1130. The predicted molar refractivity (Wildman–Crippen MR) is 129 cm³/mol. The maximum absolute atomic E-state index is 14.9. The first kappa shape index (κ1) is 24.4. The molecule has 0 atom stereocenters. The fourth-order valence-electron chi connectivity index (χ4n) is 4.65. The Morgan fingerprint density at radius 3 is 2.47 bits per heavy atom. The molecular formula is C26H28F2N2O3S. The van der Waals surface area contributed by atoms with Crippen LogP contribution in [0.4, 0.5) is 8.78 Å². The molecular weight excluding hydrogens is 458 g/mol. The number of nitrogens with zero attached hydrogens (tertiary/aromatic N) is 2. The Balaban J connectivity index is 1.60. The van der Waals surface area contributed by atoms with Crippen molar-refractivity contribution < 1.29 is 23.4 Å². The zero-order valence-corrected chi connectivity index (χ0v) is 19.9. The van der Waals surface area contributed by atoms with E-state index in [2.05, 4.69) is 0 Å². The van der Waals surface area contributed by atoms with Gasteiger partial charge in [0.2, 0.25) is 0 Å². The third kappa shape index (κ3) is 5.50. The number of rotatable bonds is 9. The van der Waals surface area contributed by atoms with Gasteiger partial charge in [-0.25, -0.2) is 13.6 Å². The molecule has 34 heavy (non-hydrogen) atoms. The molecule has 8 heteroatoms. The summed E-state index contributed by atoms with van der Waals surface area (Å²) in [6.45, 7) is 0.902. The number of aromatic nitrogens is 2. The molecule has 0 spiro atoms. The second-order valence-electron chi connectivity index (χ2n) is 8.68. The molecule has 1 saturated carbocycles. The van der Waals surface area contributed by atoms with E-state index in [1.165, 1.54) is 17.8 Å². The molecule has 3 aromatic rings. The highest BCUT2D eigenvalue weighted by Crippen LogP contribution is 2.41. The summed E-state index contributed by atoms with van der Waals surface area (Å²) in [6.07, 6.45) is 5.84. The molecule has 0 radical (unpaired) electrons. The van der Waals surface area contributed by atoms with Crippen molar-refractivity contribution in [2.45, 2.75) is 37.3 Å². The third-order valence-electron chi connectivity index (χ3n) is 6.34. The highest BCUT2D eigenvalue weighted by atomic mass is 32.2. The Hall–Kier alpha value is -2.71. The number of carboxylic acid groups (broad SMARTS) is 1. The number of thioether (sulfide) groups is 1. The molecule has 1 fully saturated rings. The van der Waals surface area contributed by atoms with Crippen molar-refractivity contribution in [2.24, 2.45) is 11.8 Å². The fourth-order valence-corrected chi connectivity index (χ4v) is 5.39. The molecule has 1 aliphatic carbocycles. The molecule has 1 N–H and O–H groups in total. The maximum atomic E-state index is 14.9. The topological polar surface area (TPSA) is 64.4 Å². The zero-order chi connectivity index (χ0) is 24.1. The summed E-state index contributed by atoms with van der Waals surface area (Å²) in [4.78, 5) is 10.6. The number of carbonyl (C=O) groups is 1. The molecule has 5 nitrogen and oxygen atoms in total. The summed E-state index contributed by atoms with van der Waals surface area (Å²) in [5.74, 6) is -1.92. The zero-order valence-electron chi connectivity index (χ0n) is 19.0. The van der Waals surface area contributed by atoms with E-state index < -0.39 is 17.6 Å². The molecule has 0 amide bonds. The number of aliphatic carboxylic acids is 1. The van der Waals surface area contributed by atoms with Crippen LogP contribution in [0.15, 0.2) is 53.6 Å². The van der Waals surface area contributed by atoms with Crippen molar-refractivity contribution in [1.82, 2.24) is 9.78 Å². The quantitative estimate of drug-likeness (QED) is 0.369. The first-order chi connectivity index (χ1) is 16.5. The molecule has 1 heterocycles. The van der Waals surface area contributed by atoms with Gasteiger partial charge < -0.3 is 9.84 Å². The van der Waals surface area contributed by atoms with Crippen LogP contribution in [0.2, 0.25) is 0 Å². The maximum Gasteiger partial charge on any atom is 0.329 e. The lowest BCUT2D eigenvalue weighted by molar-refractivity contribution is -0.142. The molecule has 1 aromatic heterocycles. The summed E-state index contributed by atoms with van der Waals surface area (Å²) >= 11 is 1.49. The van der Waals surface area contributed by atoms with Gasteiger partial charge in [0.25, 0.3) is 0 Å². The number of ether oxygens (including phenoxy) is 1. The molecule has 2 aromatic carbocycles. The first-order valence-corrected chi connectivity index (χ1v) is 12.6. The van der Waals surface area contributed by atoms with E-state index >= 15 is 0 Å². The highest BCUT2D eigenvalue weighted by molar-refractivity contribution is 7.98. The minimum atomic E-state index is -0.947. The molecule has 4 rings (SSSR count). The summed E-state index contributed by atoms with van der Waals surface area (Å²) in [7, 11) is 0. The van der Waals surface area contributed by atoms with E-state index in [4.69, 9.17) is 14.9 Å². The number of carboxylic acids is 1. The van der Waals surface area contributed by atoms with Crippen LogP contribution >= 0.6 is 11.8 Å². The number of benzene rings is 2. The van der Waals surface area contributed by atoms with Crippen LogP contribution in [-0.4, -0.2) is 40.3 Å². The van der Waals surface area contributed by atoms with Crippen molar-refractivity contribution in [3.05, 3.63) is 60.2 Å². The first-order valence-electron chi connectivity index (χ1n) is 11.4. The summed E-state index contributed by atoms with van der Waals surface area (Å²) in [5.41, 5.74) is 2.33. The third-order valence-corrected chi connectivity index (χ3v) is 7.15. The summed E-state index contributed by atoms with van der Waals surface area (Å²) in [5, 5.41) is 14.5. The van der Waals surface area contributed by atoms with Gasteiger partial charge in [-0.15, -0.1) is 11.8 Å². The highest BCUT2D eigenvalue weighted by Gasteiger charge is 2.27. The smallest absolute Gasteiger partial charge is 0.329 e. The second-order valence-corrected chi connectivity index (χ2v) is 9.47. The van der Waals surface area contributed by atoms with Gasteiger partial charge in [-0.2, -0.15) is 5.10 Å². The fraction of sp³-hybridized carbons (Fsp3) is 0.385. The lowest BCUT2D eigenvalue weighted by Gasteiger charge is -2.28. The van der Waals surface area contributed by atoms with Crippen LogP contribution in [0, 0.1) is 23.5 Å². The van der Waals surface area contributed by atoms with Crippen molar-refractivity contribution in [1.29, 1.82) is 0 Å². The Labute approximate surface area is 202 Å². The van der Waals surface area contributed by atoms with Gasteiger partial charge in [-0.05, 0) is 49.8 Å². The number of hydrogen-bond donors (Lipinski definition) is 1. The SMILES string of the molecule is CSc1c(-c2cccc(F)c2F)c(-c2ccccc2)nn1C[C@H]1CC[C@@H](COCC(=O)O)CC1. The van der Waals surface area contributed by atoms with E-state index in [1.54, 1.807) is 6.07 Å². The van der Waals surface area contributed by atoms with Crippen LogP contribution < -0.4 is 0 Å². The second kappa shape index (κ2) is 11.1. The lowest BCUT2D eigenvalue weighted by atomic mass is 9.82. The summed E-state index contributed by atoms with van der Waals surface area (Å²) in [6, 6.07) is 13.9. The van der Waals surface area contributed by atoms with Gasteiger partial charge in [0.05, 0.1) is 6.61 Å². The van der Waals surface area contributed by atoms with Crippen LogP contribution in [0.5, 0.6) is 0 Å². The average molecular weight is 487 g/mol. The number of halogens is 2. The molecule has 0 aliphatic heterocycles. The van der Waals surface area contributed by atoms with Crippen molar-refractivity contribution >= 4 is 17.7 Å². The Kier molecular flexibility index (Phi) is 8.00. The van der Waals surface area contributed by atoms with E-state index in [9.17, 15) is 13.6 Å². The lowest BCUT2D eigenvalue weighted by Crippen LogP contribution is -2.23. The monoisotopic (exact) mass is 486 g/mol. The van der Waals surface area contributed by atoms with E-state index in [0.29, 0.717) is 36.2 Å². The summed E-state index contributed by atoms with van der Waals surface area (Å²) < 4.78 is 36.2. The predicted octanol–water partition coefficient (Wildman–Crippen LogP) is 6.12. The largest absolute Gasteiger partial charge is 0.480 e. The van der Waals surface area contributed by atoms with Gasteiger partial charge >= 0.3 is 5.97 Å². The van der Waals surface area contributed by atoms with Gasteiger partial charge in [-0.1, -0.05) is 42.5 Å². The van der Waals surface area contributed by atoms with Crippen molar-refractivity contribution in [3.8, 4) is 22.4 Å². The standard InChI is InChI=1S/C26H28F2N2O3S/c1-34-26-23(20-8-5-9-21(27)24(20)28)25(19-6-3-2-4-7-19)29-30(26)14-17-10-12-18(13-11-17)15-33-16-22(31)32/h2-9,17-18H,10-16H2,1H3,(H,31,32)/t17-,18+. The van der Waals surface area contributed by atoms with Gasteiger partial charge in [-0.3, -0.25) is 4.68 Å². The van der Waals surface area contributed by atoms with Gasteiger partial charge in [0.1, 0.15) is 17.3 Å². The molecule has 0 bridgehead atoms. The van der Waals surface area contributed by atoms with Crippen molar-refractivity contribution in [2.75, 3.05) is 19.5 Å². The average Bonchev–Trinajstić information content (AvgIpc) is 3.20.